The Bertz CT molecular complexity index is 1130. The Morgan fingerprint density at radius 3 is 2.10 bits per heavy atom. The summed E-state index contributed by atoms with van der Waals surface area (Å²) in [4.78, 5) is 54.6. The Labute approximate surface area is 252 Å². The maximum absolute atomic E-state index is 14.3. The summed E-state index contributed by atoms with van der Waals surface area (Å²) < 4.78 is 25.4. The van der Waals surface area contributed by atoms with Crippen LogP contribution in [0.5, 0.6) is 0 Å². The highest BCUT2D eigenvalue weighted by Crippen LogP contribution is 2.65. The molecule has 11 nitrogen and oxygen atoms in total. The Kier molecular flexibility index (Phi) is 11.0. The lowest BCUT2D eigenvalue weighted by Gasteiger charge is -2.39. The zero-order valence-corrected chi connectivity index (χ0v) is 27.6. The number of hydrogen-bond donors (Lipinski definition) is 3. The van der Waals surface area contributed by atoms with Crippen molar-refractivity contribution in [3.05, 3.63) is 0 Å². The van der Waals surface area contributed by atoms with Gasteiger partial charge in [-0.25, -0.2) is 13.8 Å². The number of piperidine rings is 1. The molecule has 12 heteroatoms. The number of nitrogens with zero attached hydrogens (tertiary/aromatic N) is 2. The van der Waals surface area contributed by atoms with E-state index in [1.807, 2.05) is 20.8 Å². The predicted octanol–water partition coefficient (Wildman–Crippen LogP) is 2.36. The van der Waals surface area contributed by atoms with Crippen molar-refractivity contribution in [2.75, 3.05) is 19.8 Å². The zero-order valence-electron chi connectivity index (χ0n) is 26.8. The van der Waals surface area contributed by atoms with Crippen LogP contribution in [-0.2, 0) is 29.2 Å². The van der Waals surface area contributed by atoms with Gasteiger partial charge >= 0.3 is 0 Å². The van der Waals surface area contributed by atoms with Crippen molar-refractivity contribution in [1.29, 1.82) is 0 Å². The van der Waals surface area contributed by atoms with Crippen molar-refractivity contribution in [2.45, 2.75) is 124 Å². The van der Waals surface area contributed by atoms with Crippen LogP contribution in [0.25, 0.3) is 0 Å². The van der Waals surface area contributed by atoms with E-state index >= 15 is 0 Å². The van der Waals surface area contributed by atoms with Gasteiger partial charge in [0.25, 0.3) is 0 Å². The molecule has 3 fully saturated rings. The van der Waals surface area contributed by atoms with E-state index in [1.165, 1.54) is 14.0 Å². The number of fused-ring (bicyclic) bond motifs is 3. The summed E-state index contributed by atoms with van der Waals surface area (Å²) in [5.74, 6) is -1.63. The molecule has 2 saturated heterocycles. The van der Waals surface area contributed by atoms with Crippen molar-refractivity contribution in [3.63, 3.8) is 0 Å². The van der Waals surface area contributed by atoms with E-state index in [4.69, 9.17) is 0 Å². The van der Waals surface area contributed by atoms with Gasteiger partial charge in [0, 0.05) is 20.5 Å². The minimum Gasteiger partial charge on any atom is -0.344 e. The quantitative estimate of drug-likeness (QED) is 0.226. The van der Waals surface area contributed by atoms with Crippen molar-refractivity contribution >= 4 is 33.4 Å². The van der Waals surface area contributed by atoms with E-state index in [0.717, 1.165) is 55.6 Å². The van der Waals surface area contributed by atoms with Crippen molar-refractivity contribution in [2.24, 2.45) is 22.7 Å². The number of nitrogens with one attached hydrogen (secondary N) is 3. The number of carbonyl (C=O) groups excluding carboxylic acids is 4. The fourth-order valence-corrected chi connectivity index (χ4v) is 6.90. The van der Waals surface area contributed by atoms with Gasteiger partial charge in [-0.1, -0.05) is 79.6 Å². The molecule has 6 atom stereocenters. The highest BCUT2D eigenvalue weighted by atomic mass is 32.2. The number of hydrazine groups is 1. The lowest BCUT2D eigenvalue weighted by atomic mass is 9.91. The van der Waals surface area contributed by atoms with Crippen LogP contribution in [0, 0.1) is 22.7 Å². The maximum Gasteiger partial charge on any atom is 0.243 e. The molecule has 0 aromatic rings. The van der Waals surface area contributed by atoms with Gasteiger partial charge in [0.05, 0.1) is 24.5 Å². The van der Waals surface area contributed by atoms with Crippen LogP contribution in [0.2, 0.25) is 0 Å². The van der Waals surface area contributed by atoms with Crippen molar-refractivity contribution in [1.82, 2.24) is 25.4 Å². The molecule has 2 aliphatic heterocycles. The second kappa shape index (κ2) is 13.4. The molecular weight excluding hydrogens is 558 g/mol. The molecule has 0 spiro atoms. The molecule has 0 radical (unpaired) electrons. The fourth-order valence-electron chi connectivity index (χ4n) is 6.60. The normalized spacial score (nSPS) is 30.3. The third kappa shape index (κ3) is 8.18. The predicted molar refractivity (Wildman–Crippen MR) is 161 cm³/mol. The SMILES string of the molecule is CC(=O)C(=O)[C@@H]1CCCCCCCCC[C@H](N[C@H](NN(C)S(C)(=O)=O)C(C)(C)C)C(=O)N2C[C@H]3[C@@H]([C@H]2C(=O)N1)C3(C)C. The second-order valence-electron chi connectivity index (χ2n) is 14.3. The lowest BCUT2D eigenvalue weighted by molar-refractivity contribution is -0.144. The van der Waals surface area contributed by atoms with E-state index in [1.54, 1.807) is 4.90 Å². The molecule has 1 aliphatic carbocycles. The molecule has 240 valence electrons. The third-order valence-corrected chi connectivity index (χ3v) is 10.7. The Morgan fingerprint density at radius 2 is 1.57 bits per heavy atom. The molecule has 2 heterocycles. The van der Waals surface area contributed by atoms with Gasteiger partial charge in [0.2, 0.25) is 27.6 Å². The van der Waals surface area contributed by atoms with Gasteiger partial charge in [-0.05, 0) is 35.5 Å². The lowest BCUT2D eigenvalue weighted by Crippen LogP contribution is -2.63. The summed E-state index contributed by atoms with van der Waals surface area (Å²) in [7, 11) is -2.09. The molecular formula is C30H53N5O6S. The van der Waals surface area contributed by atoms with E-state index in [0.29, 0.717) is 19.4 Å². The van der Waals surface area contributed by atoms with Crippen LogP contribution in [0.4, 0.5) is 0 Å². The highest BCUT2D eigenvalue weighted by molar-refractivity contribution is 7.88. The first-order chi connectivity index (χ1) is 19.4. The first-order valence-corrected chi connectivity index (χ1v) is 17.3. The highest BCUT2D eigenvalue weighted by Gasteiger charge is 2.69. The first-order valence-electron chi connectivity index (χ1n) is 15.5. The van der Waals surface area contributed by atoms with E-state index in [-0.39, 0.29) is 29.1 Å². The molecule has 0 bridgehead atoms. The van der Waals surface area contributed by atoms with Gasteiger partial charge in [-0.15, -0.1) is 4.41 Å². The Hall–Kier alpha value is -1.89. The minimum atomic E-state index is -3.53. The summed E-state index contributed by atoms with van der Waals surface area (Å²) in [6, 6.07) is -2.28. The van der Waals surface area contributed by atoms with E-state index < -0.39 is 51.3 Å². The van der Waals surface area contributed by atoms with E-state index in [9.17, 15) is 27.6 Å². The average molecular weight is 612 g/mol. The molecule has 3 aliphatic rings. The number of ketones is 2. The van der Waals surface area contributed by atoms with Crippen LogP contribution in [0.1, 0.15) is 99.3 Å². The number of rotatable bonds is 7. The van der Waals surface area contributed by atoms with Crippen LogP contribution < -0.4 is 16.1 Å². The van der Waals surface area contributed by atoms with Crippen LogP contribution in [0.15, 0.2) is 0 Å². The summed E-state index contributed by atoms with van der Waals surface area (Å²) in [5, 5.41) is 6.31. The Balaban J connectivity index is 1.94. The third-order valence-electron chi connectivity index (χ3n) is 9.57. The number of Topliss-reactive ketones (excluding diaryl/α,β-unsaturated/α-hetero) is 2. The van der Waals surface area contributed by atoms with Crippen LogP contribution in [-0.4, -0.2) is 85.3 Å². The maximum atomic E-state index is 14.3. The largest absolute Gasteiger partial charge is 0.344 e. The molecule has 0 unspecified atom stereocenters. The Morgan fingerprint density at radius 1 is 1.02 bits per heavy atom. The zero-order chi connectivity index (χ0) is 31.6. The molecule has 0 aromatic heterocycles. The standard InChI is InChI=1S/C30H53N5O6S/c1-19(36)25(37)21-16-14-12-10-9-11-13-15-17-22(32-28(29(2,3)4)33-34(7)42(8,40)41)27(39)35-18-20-23(30(20,5)6)24(35)26(38)31-21/h20-24,28,32-33H,9-18H2,1-8H3,(H,31,38)/t20-,21-,22-,23-,24-,28+/m0/s1. The van der Waals surface area contributed by atoms with Gasteiger partial charge in [0.15, 0.2) is 5.78 Å². The van der Waals surface area contributed by atoms with Gasteiger partial charge in [0.1, 0.15) is 6.04 Å². The first kappa shape index (κ1) is 34.6. The number of amides is 2. The molecule has 2 amide bonds. The number of hydrogen-bond acceptors (Lipinski definition) is 8. The van der Waals surface area contributed by atoms with Crippen molar-refractivity contribution in [3.8, 4) is 0 Å². The van der Waals surface area contributed by atoms with Gasteiger partial charge in [-0.2, -0.15) is 0 Å². The number of carbonyl (C=O) groups is 4. The molecule has 0 aromatic carbocycles. The van der Waals surface area contributed by atoms with Gasteiger partial charge < -0.3 is 10.2 Å². The monoisotopic (exact) mass is 611 g/mol. The van der Waals surface area contributed by atoms with Crippen LogP contribution in [0.3, 0.4) is 0 Å². The molecule has 3 rings (SSSR count). The second-order valence-corrected chi connectivity index (χ2v) is 16.3. The summed E-state index contributed by atoms with van der Waals surface area (Å²) in [5.41, 5.74) is 2.45. The fraction of sp³-hybridized carbons (Fsp3) is 0.867. The summed E-state index contributed by atoms with van der Waals surface area (Å²) in [6.07, 6.45) is 7.98. The van der Waals surface area contributed by atoms with Crippen LogP contribution >= 0.6 is 0 Å². The summed E-state index contributed by atoms with van der Waals surface area (Å²) >= 11 is 0. The summed E-state index contributed by atoms with van der Waals surface area (Å²) in [6.45, 7) is 11.8. The molecule has 3 N–H and O–H groups in total. The molecule has 1 saturated carbocycles. The minimum absolute atomic E-state index is 0.0398. The van der Waals surface area contributed by atoms with E-state index in [2.05, 4.69) is 29.9 Å². The average Bonchev–Trinajstić information content (AvgIpc) is 3.20. The number of sulfonamides is 1. The van der Waals surface area contributed by atoms with Crippen molar-refractivity contribution < 1.29 is 27.6 Å². The van der Waals surface area contributed by atoms with Gasteiger partial charge in [-0.3, -0.25) is 24.5 Å². The molecule has 42 heavy (non-hydrogen) atoms. The topological polar surface area (TPSA) is 145 Å². The smallest absolute Gasteiger partial charge is 0.243 e.